The zero-order chi connectivity index (χ0) is 11.5. The quantitative estimate of drug-likeness (QED) is 0.792. The third kappa shape index (κ3) is 2.34. The van der Waals surface area contributed by atoms with Gasteiger partial charge in [0.1, 0.15) is 0 Å². The van der Waals surface area contributed by atoms with Gasteiger partial charge in [0.15, 0.2) is 0 Å². The standard InChI is InChI=1S/C13H11ClOS/c1-10-4-2-3-5-13(10)16(15)12-8-6-11(14)7-9-12/h2-9H,1H3. The van der Waals surface area contributed by atoms with Crippen molar-refractivity contribution in [2.75, 3.05) is 0 Å². The number of halogens is 1. The van der Waals surface area contributed by atoms with Crippen molar-refractivity contribution in [1.82, 2.24) is 0 Å². The maximum atomic E-state index is 12.2. The van der Waals surface area contributed by atoms with E-state index >= 15 is 0 Å². The minimum Gasteiger partial charge on any atom is -0.249 e. The molecule has 2 aromatic rings. The predicted molar refractivity (Wildman–Crippen MR) is 67.3 cm³/mol. The molecule has 0 aromatic heterocycles. The Labute approximate surface area is 103 Å². The molecule has 0 aliphatic heterocycles. The van der Waals surface area contributed by atoms with Crippen LogP contribution in [0.1, 0.15) is 5.56 Å². The summed E-state index contributed by atoms with van der Waals surface area (Å²) in [5.74, 6) is 0. The molecule has 0 heterocycles. The highest BCUT2D eigenvalue weighted by Crippen LogP contribution is 2.20. The molecule has 2 rings (SSSR count). The van der Waals surface area contributed by atoms with Gasteiger partial charge in [-0.25, -0.2) is 4.21 Å². The molecule has 0 N–H and O–H groups in total. The zero-order valence-corrected chi connectivity index (χ0v) is 10.4. The van der Waals surface area contributed by atoms with Crippen LogP contribution in [0.2, 0.25) is 5.02 Å². The number of hydrogen-bond acceptors (Lipinski definition) is 1. The summed E-state index contributed by atoms with van der Waals surface area (Å²) in [6.45, 7) is 1.96. The Morgan fingerprint density at radius 2 is 1.62 bits per heavy atom. The second kappa shape index (κ2) is 4.81. The van der Waals surface area contributed by atoms with Gasteiger partial charge in [0, 0.05) is 14.8 Å². The van der Waals surface area contributed by atoms with Gasteiger partial charge < -0.3 is 0 Å². The van der Waals surface area contributed by atoms with Crippen molar-refractivity contribution in [3.05, 3.63) is 59.1 Å². The number of benzene rings is 2. The summed E-state index contributed by atoms with van der Waals surface area (Å²) in [6, 6.07) is 14.8. The van der Waals surface area contributed by atoms with E-state index < -0.39 is 10.8 Å². The Kier molecular flexibility index (Phi) is 3.42. The van der Waals surface area contributed by atoms with Crippen LogP contribution in [0.25, 0.3) is 0 Å². The third-order valence-corrected chi connectivity index (χ3v) is 4.13. The van der Waals surface area contributed by atoms with Gasteiger partial charge in [-0.1, -0.05) is 29.8 Å². The summed E-state index contributed by atoms with van der Waals surface area (Å²) in [7, 11) is -1.13. The summed E-state index contributed by atoms with van der Waals surface area (Å²) >= 11 is 5.79. The summed E-state index contributed by atoms with van der Waals surface area (Å²) in [6.07, 6.45) is 0. The van der Waals surface area contributed by atoms with Crippen molar-refractivity contribution in [3.8, 4) is 0 Å². The Hall–Kier alpha value is -1.12. The summed E-state index contributed by atoms with van der Waals surface area (Å²) < 4.78 is 12.2. The Balaban J connectivity index is 2.40. The molecule has 1 unspecified atom stereocenters. The molecular weight excluding hydrogens is 240 g/mol. The van der Waals surface area contributed by atoms with E-state index in [1.54, 1.807) is 24.3 Å². The summed E-state index contributed by atoms with van der Waals surface area (Å²) in [5.41, 5.74) is 1.04. The minimum atomic E-state index is -1.13. The monoisotopic (exact) mass is 250 g/mol. The first kappa shape index (κ1) is 11.4. The Morgan fingerprint density at radius 1 is 1.00 bits per heavy atom. The van der Waals surface area contributed by atoms with E-state index in [1.165, 1.54) is 0 Å². The lowest BCUT2D eigenvalue weighted by atomic mass is 10.2. The highest BCUT2D eigenvalue weighted by atomic mass is 35.5. The molecule has 0 radical (unpaired) electrons. The number of rotatable bonds is 2. The van der Waals surface area contributed by atoms with E-state index in [-0.39, 0.29) is 0 Å². The maximum Gasteiger partial charge on any atom is 0.0852 e. The molecule has 3 heteroatoms. The highest BCUT2D eigenvalue weighted by Gasteiger charge is 2.08. The molecule has 0 aliphatic rings. The van der Waals surface area contributed by atoms with Gasteiger partial charge >= 0.3 is 0 Å². The molecule has 2 aromatic carbocycles. The molecule has 0 saturated heterocycles. The van der Waals surface area contributed by atoms with E-state index in [4.69, 9.17) is 11.6 Å². The zero-order valence-electron chi connectivity index (χ0n) is 8.81. The van der Waals surface area contributed by atoms with Crippen molar-refractivity contribution in [2.45, 2.75) is 16.7 Å². The van der Waals surface area contributed by atoms with Crippen molar-refractivity contribution in [2.24, 2.45) is 0 Å². The number of aryl methyl sites for hydroxylation is 1. The normalized spacial score (nSPS) is 12.4. The smallest absolute Gasteiger partial charge is 0.0852 e. The first-order valence-electron chi connectivity index (χ1n) is 4.91. The lowest BCUT2D eigenvalue weighted by Gasteiger charge is -2.05. The molecule has 16 heavy (non-hydrogen) atoms. The van der Waals surface area contributed by atoms with Gasteiger partial charge in [-0.2, -0.15) is 0 Å². The summed E-state index contributed by atoms with van der Waals surface area (Å²) in [5, 5.41) is 0.658. The molecular formula is C13H11ClOS. The van der Waals surface area contributed by atoms with Gasteiger partial charge in [-0.05, 0) is 42.8 Å². The van der Waals surface area contributed by atoms with E-state index in [2.05, 4.69) is 0 Å². The van der Waals surface area contributed by atoms with Crippen molar-refractivity contribution in [3.63, 3.8) is 0 Å². The van der Waals surface area contributed by atoms with Crippen molar-refractivity contribution < 1.29 is 4.21 Å². The molecule has 1 atom stereocenters. The van der Waals surface area contributed by atoms with E-state index in [9.17, 15) is 4.21 Å². The molecule has 0 aliphatic carbocycles. The molecule has 1 nitrogen and oxygen atoms in total. The average molecular weight is 251 g/mol. The van der Waals surface area contributed by atoms with Gasteiger partial charge in [0.25, 0.3) is 0 Å². The van der Waals surface area contributed by atoms with Crippen LogP contribution in [0.5, 0.6) is 0 Å². The highest BCUT2D eigenvalue weighted by molar-refractivity contribution is 7.85. The molecule has 0 saturated carbocycles. The molecule has 0 amide bonds. The Morgan fingerprint density at radius 3 is 2.25 bits per heavy atom. The average Bonchev–Trinajstić information content (AvgIpc) is 2.30. The van der Waals surface area contributed by atoms with Crippen LogP contribution in [0.15, 0.2) is 58.3 Å². The van der Waals surface area contributed by atoms with Crippen LogP contribution < -0.4 is 0 Å². The molecule has 0 fully saturated rings. The predicted octanol–water partition coefficient (Wildman–Crippen LogP) is 3.82. The Bertz CT molecular complexity index is 520. The first-order valence-corrected chi connectivity index (χ1v) is 6.44. The molecule has 0 spiro atoms. The topological polar surface area (TPSA) is 17.1 Å². The SMILES string of the molecule is Cc1ccccc1S(=O)c1ccc(Cl)cc1. The van der Waals surface area contributed by atoms with Crippen molar-refractivity contribution >= 4 is 22.4 Å². The number of hydrogen-bond donors (Lipinski definition) is 0. The van der Waals surface area contributed by atoms with E-state index in [1.807, 2.05) is 31.2 Å². The fraction of sp³-hybridized carbons (Fsp3) is 0.0769. The lowest BCUT2D eigenvalue weighted by Crippen LogP contribution is -1.94. The first-order chi connectivity index (χ1) is 7.68. The van der Waals surface area contributed by atoms with Gasteiger partial charge in [0.05, 0.1) is 10.8 Å². The second-order valence-electron chi connectivity index (χ2n) is 3.49. The molecule has 0 bridgehead atoms. The second-order valence-corrected chi connectivity index (χ2v) is 5.37. The van der Waals surface area contributed by atoms with Crippen LogP contribution in [0.4, 0.5) is 0 Å². The fourth-order valence-corrected chi connectivity index (χ4v) is 2.78. The van der Waals surface area contributed by atoms with E-state index in [0.717, 1.165) is 15.4 Å². The fourth-order valence-electron chi connectivity index (χ4n) is 1.45. The van der Waals surface area contributed by atoms with E-state index in [0.29, 0.717) is 5.02 Å². The minimum absolute atomic E-state index is 0.658. The molecule has 82 valence electrons. The van der Waals surface area contributed by atoms with Crippen LogP contribution in [0, 0.1) is 6.92 Å². The van der Waals surface area contributed by atoms with Crippen LogP contribution in [-0.4, -0.2) is 4.21 Å². The van der Waals surface area contributed by atoms with Gasteiger partial charge in [0.2, 0.25) is 0 Å². The largest absolute Gasteiger partial charge is 0.249 e. The summed E-state index contributed by atoms with van der Waals surface area (Å²) in [4.78, 5) is 1.63. The van der Waals surface area contributed by atoms with Crippen molar-refractivity contribution in [1.29, 1.82) is 0 Å². The van der Waals surface area contributed by atoms with Gasteiger partial charge in [-0.3, -0.25) is 0 Å². The lowest BCUT2D eigenvalue weighted by molar-refractivity contribution is 0.682. The van der Waals surface area contributed by atoms with Gasteiger partial charge in [-0.15, -0.1) is 0 Å². The third-order valence-electron chi connectivity index (χ3n) is 2.32. The maximum absolute atomic E-state index is 12.2. The van der Waals surface area contributed by atoms with Crippen LogP contribution in [0.3, 0.4) is 0 Å². The van der Waals surface area contributed by atoms with Crippen LogP contribution >= 0.6 is 11.6 Å². The van der Waals surface area contributed by atoms with Crippen LogP contribution in [-0.2, 0) is 10.8 Å².